The van der Waals surface area contributed by atoms with Crippen LogP contribution in [0.25, 0.3) is 0 Å². The molecule has 0 radical (unpaired) electrons. The third kappa shape index (κ3) is 5.13. The van der Waals surface area contributed by atoms with Crippen LogP contribution in [0.2, 0.25) is 5.02 Å². The van der Waals surface area contributed by atoms with Crippen molar-refractivity contribution >= 4 is 40.5 Å². The highest BCUT2D eigenvalue weighted by atomic mass is 35.5. The van der Waals surface area contributed by atoms with Crippen molar-refractivity contribution in [1.29, 1.82) is 0 Å². The number of halogens is 4. The van der Waals surface area contributed by atoms with Gasteiger partial charge in [0.1, 0.15) is 5.69 Å². The first-order valence-electron chi connectivity index (χ1n) is 9.83. The third-order valence-corrected chi connectivity index (χ3v) is 6.24. The van der Waals surface area contributed by atoms with Crippen molar-refractivity contribution in [3.63, 3.8) is 0 Å². The molecule has 3 aromatic rings. The molecule has 0 saturated carbocycles. The molecule has 32 heavy (non-hydrogen) atoms. The molecular formula is C21H19ClF3N5OS. The maximum absolute atomic E-state index is 13.1. The molecule has 11 heteroatoms. The Bertz CT molecular complexity index is 1110. The molecule has 3 heterocycles. The zero-order valence-electron chi connectivity index (χ0n) is 16.7. The number of amides is 1. The first-order chi connectivity index (χ1) is 15.3. The first-order valence-corrected chi connectivity index (χ1v) is 11.1. The molecule has 0 unspecified atom stereocenters. The number of hydrogen-bond donors (Lipinski definition) is 2. The van der Waals surface area contributed by atoms with E-state index in [1.54, 1.807) is 16.2 Å². The minimum atomic E-state index is -4.46. The van der Waals surface area contributed by atoms with Crippen LogP contribution < -0.4 is 15.5 Å². The SMILES string of the molecule is O=C(NCCc1cccs1)c1cnc2c(n1)N(Cc1cc(C(F)(F)F)ccc1Cl)CCN2. The number of nitrogens with zero attached hydrogens (tertiary/aromatic N) is 3. The molecule has 2 aromatic heterocycles. The fourth-order valence-corrected chi connectivity index (χ4v) is 4.21. The van der Waals surface area contributed by atoms with Gasteiger partial charge < -0.3 is 15.5 Å². The van der Waals surface area contributed by atoms with Crippen LogP contribution in [0.3, 0.4) is 0 Å². The van der Waals surface area contributed by atoms with Crippen molar-refractivity contribution in [3.8, 4) is 0 Å². The lowest BCUT2D eigenvalue weighted by atomic mass is 10.1. The maximum atomic E-state index is 13.1. The smallest absolute Gasteiger partial charge is 0.365 e. The first kappa shape index (κ1) is 22.3. The number of anilines is 2. The summed E-state index contributed by atoms with van der Waals surface area (Å²) in [5.41, 5.74) is -0.307. The maximum Gasteiger partial charge on any atom is 0.416 e. The number of thiophene rings is 1. The molecule has 1 aromatic carbocycles. The largest absolute Gasteiger partial charge is 0.416 e. The molecule has 0 saturated heterocycles. The molecule has 0 fully saturated rings. The van der Waals surface area contributed by atoms with E-state index in [2.05, 4.69) is 20.6 Å². The number of aromatic nitrogens is 2. The average molecular weight is 482 g/mol. The minimum absolute atomic E-state index is 0.107. The minimum Gasteiger partial charge on any atom is -0.365 e. The Balaban J connectivity index is 1.51. The van der Waals surface area contributed by atoms with E-state index in [0.717, 1.165) is 17.0 Å². The second-order valence-corrected chi connectivity index (χ2v) is 8.60. The number of hydrogen-bond acceptors (Lipinski definition) is 6. The zero-order chi connectivity index (χ0) is 22.7. The van der Waals surface area contributed by atoms with Crippen LogP contribution >= 0.6 is 22.9 Å². The third-order valence-electron chi connectivity index (χ3n) is 4.93. The van der Waals surface area contributed by atoms with Gasteiger partial charge in [-0.25, -0.2) is 9.97 Å². The average Bonchev–Trinajstić information content (AvgIpc) is 3.28. The molecule has 4 rings (SSSR count). The van der Waals surface area contributed by atoms with Gasteiger partial charge in [0.25, 0.3) is 5.91 Å². The van der Waals surface area contributed by atoms with E-state index >= 15 is 0 Å². The Kier molecular flexibility index (Phi) is 6.52. The number of benzene rings is 1. The Morgan fingerprint density at radius 2 is 2.16 bits per heavy atom. The van der Waals surface area contributed by atoms with Gasteiger partial charge in [-0.05, 0) is 41.6 Å². The fraction of sp³-hybridized carbons (Fsp3) is 0.286. The summed E-state index contributed by atoms with van der Waals surface area (Å²) in [7, 11) is 0. The Morgan fingerprint density at radius 1 is 1.31 bits per heavy atom. The summed E-state index contributed by atoms with van der Waals surface area (Å²) >= 11 is 7.78. The molecule has 0 bridgehead atoms. The van der Waals surface area contributed by atoms with Crippen LogP contribution in [0, 0.1) is 0 Å². The lowest BCUT2D eigenvalue weighted by Gasteiger charge is -2.30. The van der Waals surface area contributed by atoms with Gasteiger partial charge in [-0.2, -0.15) is 13.2 Å². The van der Waals surface area contributed by atoms with E-state index in [-0.39, 0.29) is 23.2 Å². The summed E-state index contributed by atoms with van der Waals surface area (Å²) in [6.07, 6.45) is -2.37. The van der Waals surface area contributed by atoms with Crippen molar-refractivity contribution in [2.75, 3.05) is 29.9 Å². The van der Waals surface area contributed by atoms with Crippen LogP contribution in [-0.2, 0) is 19.1 Å². The summed E-state index contributed by atoms with van der Waals surface area (Å²) in [5.74, 6) is 0.504. The summed E-state index contributed by atoms with van der Waals surface area (Å²) < 4.78 is 39.4. The molecule has 1 aliphatic rings. The van der Waals surface area contributed by atoms with Gasteiger partial charge in [0.15, 0.2) is 11.6 Å². The summed E-state index contributed by atoms with van der Waals surface area (Å²) in [6, 6.07) is 7.19. The monoisotopic (exact) mass is 481 g/mol. The standard InChI is InChI=1S/C21H19ClF3N5OS/c22-16-4-3-14(21(23,24)25)10-13(16)12-30-8-7-26-18-19(30)29-17(11-28-18)20(31)27-6-5-15-2-1-9-32-15/h1-4,9-11H,5-8,12H2,(H,26,28)(H,27,31). The van der Waals surface area contributed by atoms with Crippen molar-refractivity contribution in [1.82, 2.24) is 15.3 Å². The zero-order valence-corrected chi connectivity index (χ0v) is 18.3. The molecule has 2 N–H and O–H groups in total. The van der Waals surface area contributed by atoms with E-state index in [4.69, 9.17) is 11.6 Å². The van der Waals surface area contributed by atoms with E-state index in [9.17, 15) is 18.0 Å². The number of alkyl halides is 3. The highest BCUT2D eigenvalue weighted by Crippen LogP contribution is 2.33. The van der Waals surface area contributed by atoms with Gasteiger partial charge in [0.05, 0.1) is 11.8 Å². The normalized spacial score (nSPS) is 13.4. The van der Waals surface area contributed by atoms with Crippen molar-refractivity contribution in [2.45, 2.75) is 19.1 Å². The van der Waals surface area contributed by atoms with Gasteiger partial charge in [0, 0.05) is 36.1 Å². The molecule has 168 valence electrons. The molecule has 6 nitrogen and oxygen atoms in total. The number of carbonyl (C=O) groups is 1. The highest BCUT2D eigenvalue weighted by Gasteiger charge is 2.31. The van der Waals surface area contributed by atoms with Crippen molar-refractivity contribution in [2.24, 2.45) is 0 Å². The molecule has 0 spiro atoms. The quantitative estimate of drug-likeness (QED) is 0.538. The fourth-order valence-electron chi connectivity index (χ4n) is 3.33. The Hall–Kier alpha value is -2.85. The van der Waals surface area contributed by atoms with Gasteiger partial charge >= 0.3 is 6.18 Å². The number of nitrogens with one attached hydrogen (secondary N) is 2. The molecular weight excluding hydrogens is 463 g/mol. The molecule has 0 atom stereocenters. The molecule has 1 aliphatic heterocycles. The Morgan fingerprint density at radius 3 is 2.91 bits per heavy atom. The topological polar surface area (TPSA) is 70.2 Å². The number of fused-ring (bicyclic) bond motifs is 1. The van der Waals surface area contributed by atoms with Crippen LogP contribution in [0.4, 0.5) is 24.8 Å². The Labute approximate surface area is 191 Å². The van der Waals surface area contributed by atoms with E-state index in [0.29, 0.717) is 43.3 Å². The second kappa shape index (κ2) is 9.33. The number of rotatable bonds is 6. The van der Waals surface area contributed by atoms with Gasteiger partial charge in [0.2, 0.25) is 0 Å². The predicted octanol–water partition coefficient (Wildman–Crippen LogP) is 4.61. The van der Waals surface area contributed by atoms with Crippen LogP contribution in [0.1, 0.15) is 26.5 Å². The van der Waals surface area contributed by atoms with E-state index in [1.165, 1.54) is 12.3 Å². The summed E-state index contributed by atoms with van der Waals surface area (Å²) in [5, 5.41) is 8.13. The van der Waals surface area contributed by atoms with Gasteiger partial charge in [-0.3, -0.25) is 4.79 Å². The van der Waals surface area contributed by atoms with E-state index < -0.39 is 11.7 Å². The van der Waals surface area contributed by atoms with E-state index in [1.807, 2.05) is 17.5 Å². The van der Waals surface area contributed by atoms with Crippen LogP contribution in [0.15, 0.2) is 41.9 Å². The van der Waals surface area contributed by atoms with Crippen molar-refractivity contribution < 1.29 is 18.0 Å². The van der Waals surface area contributed by atoms with Crippen LogP contribution in [-0.4, -0.2) is 35.5 Å². The van der Waals surface area contributed by atoms with Crippen LogP contribution in [0.5, 0.6) is 0 Å². The number of carbonyl (C=O) groups excluding carboxylic acids is 1. The second-order valence-electron chi connectivity index (χ2n) is 7.17. The lowest BCUT2D eigenvalue weighted by Crippen LogP contribution is -2.36. The van der Waals surface area contributed by atoms with Gasteiger partial charge in [-0.15, -0.1) is 11.3 Å². The summed E-state index contributed by atoms with van der Waals surface area (Å²) in [6.45, 7) is 1.57. The van der Waals surface area contributed by atoms with Crippen molar-refractivity contribution in [3.05, 3.63) is 68.6 Å². The lowest BCUT2D eigenvalue weighted by molar-refractivity contribution is -0.137. The predicted molar refractivity (Wildman–Crippen MR) is 118 cm³/mol. The molecule has 1 amide bonds. The van der Waals surface area contributed by atoms with Gasteiger partial charge in [-0.1, -0.05) is 17.7 Å². The highest BCUT2D eigenvalue weighted by molar-refractivity contribution is 7.09. The summed E-state index contributed by atoms with van der Waals surface area (Å²) in [4.78, 5) is 24.2. The molecule has 0 aliphatic carbocycles.